The summed E-state index contributed by atoms with van der Waals surface area (Å²) >= 11 is 1.93. The molecule has 1 N–H and O–H groups in total. The average molecular weight is 239 g/mol. The van der Waals surface area contributed by atoms with Crippen LogP contribution in [0.3, 0.4) is 0 Å². The SMILES string of the molecule is CC(C)(C)CNCc1ccc(C(C)(C)C)s1. The van der Waals surface area contributed by atoms with Crippen LogP contribution in [0.5, 0.6) is 0 Å². The summed E-state index contributed by atoms with van der Waals surface area (Å²) in [7, 11) is 0. The highest BCUT2D eigenvalue weighted by molar-refractivity contribution is 7.12. The molecule has 16 heavy (non-hydrogen) atoms. The molecule has 0 aliphatic carbocycles. The van der Waals surface area contributed by atoms with E-state index in [-0.39, 0.29) is 5.41 Å². The van der Waals surface area contributed by atoms with E-state index in [1.54, 1.807) is 0 Å². The van der Waals surface area contributed by atoms with Crippen LogP contribution in [0.4, 0.5) is 0 Å². The first-order valence-electron chi connectivity index (χ1n) is 5.98. The number of rotatable bonds is 3. The summed E-state index contributed by atoms with van der Waals surface area (Å²) in [6, 6.07) is 4.51. The molecule has 0 radical (unpaired) electrons. The second-order valence-corrected chi connectivity index (χ2v) is 7.85. The smallest absolute Gasteiger partial charge is 0.0300 e. The zero-order chi connectivity index (χ0) is 12.4. The predicted octanol–water partition coefficient (Wildman–Crippen LogP) is 4.18. The summed E-state index contributed by atoms with van der Waals surface area (Å²) in [5.74, 6) is 0. The summed E-state index contributed by atoms with van der Waals surface area (Å²) in [6.45, 7) is 15.6. The Morgan fingerprint density at radius 2 is 1.69 bits per heavy atom. The molecular weight excluding hydrogens is 214 g/mol. The van der Waals surface area contributed by atoms with Gasteiger partial charge in [-0.15, -0.1) is 11.3 Å². The molecule has 0 amide bonds. The highest BCUT2D eigenvalue weighted by atomic mass is 32.1. The molecule has 2 heteroatoms. The van der Waals surface area contributed by atoms with Crippen LogP contribution >= 0.6 is 11.3 Å². The third-order valence-electron chi connectivity index (χ3n) is 2.36. The maximum atomic E-state index is 3.52. The van der Waals surface area contributed by atoms with Crippen LogP contribution in [0.1, 0.15) is 51.3 Å². The zero-order valence-electron chi connectivity index (χ0n) is 11.5. The highest BCUT2D eigenvalue weighted by Gasteiger charge is 2.16. The molecule has 1 rings (SSSR count). The van der Waals surface area contributed by atoms with Gasteiger partial charge in [-0.25, -0.2) is 0 Å². The van der Waals surface area contributed by atoms with Gasteiger partial charge in [0.1, 0.15) is 0 Å². The van der Waals surface area contributed by atoms with E-state index in [0.29, 0.717) is 5.41 Å². The first-order chi connectivity index (χ1) is 7.18. The molecule has 0 unspecified atom stereocenters. The molecule has 0 aliphatic heterocycles. The quantitative estimate of drug-likeness (QED) is 0.834. The first-order valence-corrected chi connectivity index (χ1v) is 6.80. The van der Waals surface area contributed by atoms with Gasteiger partial charge in [0.05, 0.1) is 0 Å². The van der Waals surface area contributed by atoms with Crippen molar-refractivity contribution >= 4 is 11.3 Å². The van der Waals surface area contributed by atoms with Crippen LogP contribution in [0, 0.1) is 5.41 Å². The monoisotopic (exact) mass is 239 g/mol. The van der Waals surface area contributed by atoms with Gasteiger partial charge in [-0.05, 0) is 23.0 Å². The molecule has 0 atom stereocenters. The van der Waals surface area contributed by atoms with Crippen LogP contribution in [0.15, 0.2) is 12.1 Å². The van der Waals surface area contributed by atoms with Gasteiger partial charge in [0.2, 0.25) is 0 Å². The van der Waals surface area contributed by atoms with Crippen molar-refractivity contribution in [3.8, 4) is 0 Å². The lowest BCUT2D eigenvalue weighted by Gasteiger charge is -2.18. The Morgan fingerprint density at radius 3 is 2.12 bits per heavy atom. The molecule has 92 valence electrons. The van der Waals surface area contributed by atoms with Crippen molar-refractivity contribution in [1.29, 1.82) is 0 Å². The second kappa shape index (κ2) is 4.89. The van der Waals surface area contributed by atoms with Crippen molar-refractivity contribution in [3.63, 3.8) is 0 Å². The molecule has 0 bridgehead atoms. The first kappa shape index (κ1) is 13.7. The fourth-order valence-corrected chi connectivity index (χ4v) is 2.47. The van der Waals surface area contributed by atoms with Crippen LogP contribution in [0.25, 0.3) is 0 Å². The highest BCUT2D eigenvalue weighted by Crippen LogP contribution is 2.29. The van der Waals surface area contributed by atoms with Crippen molar-refractivity contribution in [2.24, 2.45) is 5.41 Å². The number of thiophene rings is 1. The van der Waals surface area contributed by atoms with E-state index in [1.165, 1.54) is 9.75 Å². The lowest BCUT2D eigenvalue weighted by molar-refractivity contribution is 0.380. The Labute approximate surface area is 104 Å². The Kier molecular flexibility index (Phi) is 4.19. The molecule has 0 saturated heterocycles. The Hall–Kier alpha value is -0.340. The van der Waals surface area contributed by atoms with Crippen LogP contribution < -0.4 is 5.32 Å². The summed E-state index contributed by atoms with van der Waals surface area (Å²) in [5.41, 5.74) is 0.650. The van der Waals surface area contributed by atoms with E-state index >= 15 is 0 Å². The van der Waals surface area contributed by atoms with Crippen LogP contribution in [-0.4, -0.2) is 6.54 Å². The summed E-state index contributed by atoms with van der Waals surface area (Å²) in [6.07, 6.45) is 0. The molecule has 1 aromatic heterocycles. The predicted molar refractivity (Wildman–Crippen MR) is 74.2 cm³/mol. The van der Waals surface area contributed by atoms with Crippen LogP contribution in [0.2, 0.25) is 0 Å². The molecule has 0 fully saturated rings. The van der Waals surface area contributed by atoms with E-state index in [2.05, 4.69) is 59.0 Å². The standard InChI is InChI=1S/C14H25NS/c1-13(2,3)10-15-9-11-7-8-12(16-11)14(4,5)6/h7-8,15H,9-10H2,1-6H3. The maximum Gasteiger partial charge on any atom is 0.0300 e. The zero-order valence-corrected chi connectivity index (χ0v) is 12.3. The van der Waals surface area contributed by atoms with Crippen molar-refractivity contribution in [3.05, 3.63) is 21.9 Å². The molecule has 0 spiro atoms. The third kappa shape index (κ3) is 4.67. The minimum Gasteiger partial charge on any atom is -0.311 e. The Morgan fingerprint density at radius 1 is 1.06 bits per heavy atom. The lowest BCUT2D eigenvalue weighted by atomic mass is 9.95. The summed E-state index contributed by atoms with van der Waals surface area (Å²) in [5, 5.41) is 3.52. The van der Waals surface area contributed by atoms with Gasteiger partial charge in [-0.2, -0.15) is 0 Å². The van der Waals surface area contributed by atoms with E-state index in [0.717, 1.165) is 13.1 Å². The van der Waals surface area contributed by atoms with E-state index in [1.807, 2.05) is 11.3 Å². The fraction of sp³-hybridized carbons (Fsp3) is 0.714. The van der Waals surface area contributed by atoms with Crippen molar-refractivity contribution in [2.75, 3.05) is 6.54 Å². The molecule has 0 aliphatic rings. The van der Waals surface area contributed by atoms with Crippen molar-refractivity contribution in [2.45, 2.75) is 53.5 Å². The van der Waals surface area contributed by atoms with Gasteiger partial charge >= 0.3 is 0 Å². The average Bonchev–Trinajstić information content (AvgIpc) is 2.49. The molecule has 1 heterocycles. The van der Waals surface area contributed by atoms with Gasteiger partial charge in [0, 0.05) is 22.8 Å². The van der Waals surface area contributed by atoms with E-state index in [4.69, 9.17) is 0 Å². The Bertz CT molecular complexity index is 325. The maximum absolute atomic E-state index is 3.52. The van der Waals surface area contributed by atoms with Gasteiger partial charge in [-0.3, -0.25) is 0 Å². The molecule has 1 aromatic rings. The van der Waals surface area contributed by atoms with E-state index < -0.39 is 0 Å². The van der Waals surface area contributed by atoms with Gasteiger partial charge in [0.25, 0.3) is 0 Å². The number of nitrogens with one attached hydrogen (secondary N) is 1. The summed E-state index contributed by atoms with van der Waals surface area (Å²) < 4.78 is 0. The van der Waals surface area contributed by atoms with Crippen molar-refractivity contribution in [1.82, 2.24) is 5.32 Å². The Balaban J connectivity index is 2.48. The normalized spacial score (nSPS) is 13.1. The van der Waals surface area contributed by atoms with Gasteiger partial charge < -0.3 is 5.32 Å². The van der Waals surface area contributed by atoms with Crippen LogP contribution in [-0.2, 0) is 12.0 Å². The number of hydrogen-bond acceptors (Lipinski definition) is 2. The second-order valence-electron chi connectivity index (χ2n) is 6.68. The lowest BCUT2D eigenvalue weighted by Crippen LogP contribution is -2.26. The van der Waals surface area contributed by atoms with Gasteiger partial charge in [-0.1, -0.05) is 41.5 Å². The van der Waals surface area contributed by atoms with Crippen molar-refractivity contribution < 1.29 is 0 Å². The minimum atomic E-state index is 0.285. The minimum absolute atomic E-state index is 0.285. The molecule has 0 aromatic carbocycles. The number of hydrogen-bond donors (Lipinski definition) is 1. The summed E-state index contributed by atoms with van der Waals surface area (Å²) in [4.78, 5) is 2.91. The van der Waals surface area contributed by atoms with Gasteiger partial charge in [0.15, 0.2) is 0 Å². The molecule has 1 nitrogen and oxygen atoms in total. The largest absolute Gasteiger partial charge is 0.311 e. The molecular formula is C14H25NS. The fourth-order valence-electron chi connectivity index (χ4n) is 1.44. The topological polar surface area (TPSA) is 12.0 Å². The molecule has 0 saturated carbocycles. The third-order valence-corrected chi connectivity index (χ3v) is 3.87. The van der Waals surface area contributed by atoms with E-state index in [9.17, 15) is 0 Å².